The summed E-state index contributed by atoms with van der Waals surface area (Å²) in [6, 6.07) is 3.56. The minimum Gasteiger partial charge on any atom is -0.393 e. The number of carbonyl (C=O) groups excluding carboxylic acids is 1. The molecule has 1 aromatic rings. The highest BCUT2D eigenvalue weighted by molar-refractivity contribution is 5.75. The molecule has 2 N–H and O–H groups in total. The highest BCUT2D eigenvalue weighted by Gasteiger charge is 2.41. The molecule has 1 aromatic carbocycles. The molecule has 3 aliphatic heterocycles. The lowest BCUT2D eigenvalue weighted by Gasteiger charge is -2.45. The van der Waals surface area contributed by atoms with Gasteiger partial charge in [-0.25, -0.2) is 13.6 Å². The first kappa shape index (κ1) is 19.4. The molecule has 6 nitrogen and oxygen atoms in total. The Labute approximate surface area is 163 Å². The number of aliphatic hydroxyl groups is 1. The average Bonchev–Trinajstić information content (AvgIpc) is 3.10. The van der Waals surface area contributed by atoms with E-state index in [9.17, 15) is 18.7 Å². The number of rotatable bonds is 2. The summed E-state index contributed by atoms with van der Waals surface area (Å²) in [7, 11) is 0. The van der Waals surface area contributed by atoms with Crippen LogP contribution in [0.15, 0.2) is 18.2 Å². The van der Waals surface area contributed by atoms with E-state index >= 15 is 0 Å². The summed E-state index contributed by atoms with van der Waals surface area (Å²) in [6.45, 7) is 2.61. The lowest BCUT2D eigenvalue weighted by Crippen LogP contribution is -2.54. The number of benzene rings is 1. The molecule has 0 aromatic heterocycles. The number of piperidine rings is 1. The Balaban J connectivity index is 1.29. The van der Waals surface area contributed by atoms with Gasteiger partial charge < -0.3 is 25.0 Å². The lowest BCUT2D eigenvalue weighted by molar-refractivity contribution is -0.139. The molecule has 8 heteroatoms. The number of amides is 2. The van der Waals surface area contributed by atoms with E-state index in [1.54, 1.807) is 9.80 Å². The van der Waals surface area contributed by atoms with E-state index in [1.165, 1.54) is 18.2 Å². The molecule has 3 saturated heterocycles. The molecule has 3 fully saturated rings. The van der Waals surface area contributed by atoms with Crippen LogP contribution in [0.3, 0.4) is 0 Å². The van der Waals surface area contributed by atoms with Crippen molar-refractivity contribution >= 4 is 11.7 Å². The third-order valence-electron chi connectivity index (χ3n) is 6.20. The van der Waals surface area contributed by atoms with E-state index in [2.05, 4.69) is 5.32 Å². The van der Waals surface area contributed by atoms with Gasteiger partial charge in [0.25, 0.3) is 0 Å². The van der Waals surface area contributed by atoms with E-state index < -0.39 is 11.6 Å². The van der Waals surface area contributed by atoms with E-state index in [-0.39, 0.29) is 29.5 Å². The number of hydrogen-bond donors (Lipinski definition) is 2. The Morgan fingerprint density at radius 3 is 2.57 bits per heavy atom. The van der Waals surface area contributed by atoms with Crippen LogP contribution in [0.2, 0.25) is 0 Å². The second-order valence-corrected chi connectivity index (χ2v) is 8.12. The normalized spacial score (nSPS) is 27.2. The van der Waals surface area contributed by atoms with Crippen LogP contribution in [0.5, 0.6) is 0 Å². The molecule has 2 unspecified atom stereocenters. The number of halogens is 2. The molecule has 154 valence electrons. The number of urea groups is 1. The number of hydrogen-bond acceptors (Lipinski definition) is 4. The number of nitrogens with one attached hydrogen (secondary N) is 1. The number of carbonyl (C=O) groups is 1. The van der Waals surface area contributed by atoms with E-state index in [0.717, 1.165) is 0 Å². The molecule has 1 spiro atoms. The monoisotopic (exact) mass is 395 g/mol. The summed E-state index contributed by atoms with van der Waals surface area (Å²) in [6.07, 6.45) is 3.06. The molecule has 0 bridgehead atoms. The lowest BCUT2D eigenvalue weighted by atomic mass is 9.83. The van der Waals surface area contributed by atoms with Crippen molar-refractivity contribution in [2.24, 2.45) is 0 Å². The summed E-state index contributed by atoms with van der Waals surface area (Å²) in [4.78, 5) is 16.0. The van der Waals surface area contributed by atoms with Gasteiger partial charge >= 0.3 is 6.03 Å². The zero-order valence-corrected chi connectivity index (χ0v) is 15.9. The van der Waals surface area contributed by atoms with Gasteiger partial charge in [-0.05, 0) is 37.8 Å². The van der Waals surface area contributed by atoms with Gasteiger partial charge in [0.2, 0.25) is 0 Å². The predicted octanol–water partition coefficient (Wildman–Crippen LogP) is 2.26. The fourth-order valence-corrected chi connectivity index (χ4v) is 4.61. The quantitative estimate of drug-likeness (QED) is 0.806. The molecule has 2 atom stereocenters. The van der Waals surface area contributed by atoms with Crippen LogP contribution in [0.1, 0.15) is 32.1 Å². The van der Waals surface area contributed by atoms with Gasteiger partial charge in [-0.2, -0.15) is 0 Å². The molecule has 0 aliphatic carbocycles. The molecule has 2 amide bonds. The standard InChI is InChI=1S/C20H27F2N3O3/c21-16-2-1-3-17(22)18(16)25-8-4-14(13-25)23-19(27)24-9-6-20(7-10-24)12-15(26)5-11-28-20/h1-3,14-15,26H,4-13H2,(H,23,27). The smallest absolute Gasteiger partial charge is 0.317 e. The Bertz CT molecular complexity index is 704. The Morgan fingerprint density at radius 1 is 1.18 bits per heavy atom. The van der Waals surface area contributed by atoms with Crippen molar-refractivity contribution in [1.82, 2.24) is 10.2 Å². The first-order valence-electron chi connectivity index (χ1n) is 10.0. The van der Waals surface area contributed by atoms with E-state index in [1.807, 2.05) is 0 Å². The third kappa shape index (κ3) is 3.93. The van der Waals surface area contributed by atoms with Crippen LogP contribution in [0.4, 0.5) is 19.3 Å². The maximum absolute atomic E-state index is 14.0. The third-order valence-corrected chi connectivity index (χ3v) is 6.20. The van der Waals surface area contributed by atoms with Gasteiger partial charge in [0.05, 0.1) is 11.7 Å². The second kappa shape index (κ2) is 7.83. The van der Waals surface area contributed by atoms with Crippen molar-refractivity contribution in [2.45, 2.75) is 49.9 Å². The Kier molecular flexibility index (Phi) is 5.42. The molecule has 3 aliphatic rings. The van der Waals surface area contributed by atoms with Crippen LogP contribution in [0.25, 0.3) is 0 Å². The van der Waals surface area contributed by atoms with Gasteiger partial charge in [0, 0.05) is 45.2 Å². The molecular weight excluding hydrogens is 368 g/mol. The highest BCUT2D eigenvalue weighted by atomic mass is 19.1. The number of likely N-dealkylation sites (tertiary alicyclic amines) is 1. The van der Waals surface area contributed by atoms with E-state index in [0.29, 0.717) is 64.9 Å². The van der Waals surface area contributed by atoms with Crippen molar-refractivity contribution in [3.63, 3.8) is 0 Å². The Hall–Kier alpha value is -1.93. The maximum Gasteiger partial charge on any atom is 0.317 e. The van der Waals surface area contributed by atoms with Crippen LogP contribution < -0.4 is 10.2 Å². The summed E-state index contributed by atoms with van der Waals surface area (Å²) in [5, 5.41) is 12.9. The van der Waals surface area contributed by atoms with Gasteiger partial charge in [-0.15, -0.1) is 0 Å². The minimum absolute atomic E-state index is 0.0211. The first-order chi connectivity index (χ1) is 13.5. The highest BCUT2D eigenvalue weighted by Crippen LogP contribution is 2.35. The summed E-state index contributed by atoms with van der Waals surface area (Å²) in [5.74, 6) is -1.16. The van der Waals surface area contributed by atoms with Crippen LogP contribution in [-0.4, -0.2) is 66.6 Å². The predicted molar refractivity (Wildman–Crippen MR) is 100 cm³/mol. The largest absolute Gasteiger partial charge is 0.393 e. The number of anilines is 1. The zero-order chi connectivity index (χ0) is 19.7. The van der Waals surface area contributed by atoms with Crippen molar-refractivity contribution in [3.05, 3.63) is 29.8 Å². The number of nitrogens with zero attached hydrogens (tertiary/aromatic N) is 2. The van der Waals surface area contributed by atoms with E-state index in [4.69, 9.17) is 4.74 Å². The van der Waals surface area contributed by atoms with Gasteiger partial charge in [-0.1, -0.05) is 6.07 Å². The minimum atomic E-state index is -0.581. The van der Waals surface area contributed by atoms with Crippen LogP contribution >= 0.6 is 0 Å². The van der Waals surface area contributed by atoms with Crippen molar-refractivity contribution < 1.29 is 23.4 Å². The first-order valence-corrected chi connectivity index (χ1v) is 10.0. The number of para-hydroxylation sites is 1. The molecule has 3 heterocycles. The number of ether oxygens (including phenoxy) is 1. The van der Waals surface area contributed by atoms with Crippen LogP contribution in [-0.2, 0) is 4.74 Å². The molecule has 0 radical (unpaired) electrons. The molecule has 4 rings (SSSR count). The molecule has 0 saturated carbocycles. The number of aliphatic hydroxyl groups excluding tert-OH is 1. The molecular formula is C20H27F2N3O3. The summed E-state index contributed by atoms with van der Waals surface area (Å²) >= 11 is 0. The summed E-state index contributed by atoms with van der Waals surface area (Å²) in [5.41, 5.74) is -0.326. The fourth-order valence-electron chi connectivity index (χ4n) is 4.61. The molecule has 28 heavy (non-hydrogen) atoms. The van der Waals surface area contributed by atoms with Crippen LogP contribution in [0, 0.1) is 11.6 Å². The van der Waals surface area contributed by atoms with Crippen molar-refractivity contribution in [2.75, 3.05) is 37.7 Å². The maximum atomic E-state index is 14.0. The van der Waals surface area contributed by atoms with Gasteiger partial charge in [-0.3, -0.25) is 0 Å². The fraction of sp³-hybridized carbons (Fsp3) is 0.650. The zero-order valence-electron chi connectivity index (χ0n) is 15.9. The van der Waals surface area contributed by atoms with Gasteiger partial charge in [0.15, 0.2) is 0 Å². The van der Waals surface area contributed by atoms with Crippen molar-refractivity contribution in [1.29, 1.82) is 0 Å². The summed E-state index contributed by atoms with van der Waals surface area (Å²) < 4.78 is 33.9. The van der Waals surface area contributed by atoms with Crippen molar-refractivity contribution in [3.8, 4) is 0 Å². The second-order valence-electron chi connectivity index (χ2n) is 8.12. The SMILES string of the molecule is O=C(NC1CCN(c2c(F)cccc2F)C1)N1CCC2(CC1)CC(O)CCO2. The average molecular weight is 395 g/mol. The Morgan fingerprint density at radius 2 is 1.89 bits per heavy atom. The van der Waals surface area contributed by atoms with Gasteiger partial charge in [0.1, 0.15) is 17.3 Å². The topological polar surface area (TPSA) is 65.0 Å².